The van der Waals surface area contributed by atoms with Crippen molar-refractivity contribution in [2.24, 2.45) is 0 Å². The maximum Gasteiger partial charge on any atom is 0.328 e. The van der Waals surface area contributed by atoms with Crippen molar-refractivity contribution in [3.8, 4) is 0 Å². The van der Waals surface area contributed by atoms with E-state index in [4.69, 9.17) is 4.74 Å². The third kappa shape index (κ3) is 1.71. The molecule has 2 amide bonds. The van der Waals surface area contributed by atoms with Crippen molar-refractivity contribution in [2.45, 2.75) is 31.5 Å². The molecule has 0 unspecified atom stereocenters. The fourth-order valence-electron chi connectivity index (χ4n) is 1.74. The van der Waals surface area contributed by atoms with E-state index in [1.807, 2.05) is 0 Å². The quantitative estimate of drug-likeness (QED) is 0.563. The molecule has 0 radical (unpaired) electrons. The van der Waals surface area contributed by atoms with E-state index in [2.05, 4.69) is 11.9 Å². The Balaban J connectivity index is 2.17. The monoisotopic (exact) mass is 226 g/mol. The first-order valence-corrected chi connectivity index (χ1v) is 4.98. The first kappa shape index (κ1) is 11.1. The van der Waals surface area contributed by atoms with E-state index in [1.54, 1.807) is 13.0 Å². The Morgan fingerprint density at radius 3 is 2.69 bits per heavy atom. The number of urea groups is 1. The van der Waals surface area contributed by atoms with E-state index in [1.165, 1.54) is 11.1 Å². The van der Waals surface area contributed by atoms with Gasteiger partial charge in [-0.05, 0) is 13.0 Å². The molecule has 2 aliphatic heterocycles. The highest BCUT2D eigenvalue weighted by Gasteiger charge is 2.44. The molecule has 0 aromatic carbocycles. The molecule has 6 heteroatoms. The van der Waals surface area contributed by atoms with Crippen LogP contribution in [-0.4, -0.2) is 45.7 Å². The van der Waals surface area contributed by atoms with Crippen LogP contribution in [0.1, 0.15) is 6.92 Å². The zero-order chi connectivity index (χ0) is 11.9. The van der Waals surface area contributed by atoms with Gasteiger partial charge in [0.05, 0.1) is 6.10 Å². The van der Waals surface area contributed by atoms with E-state index in [9.17, 15) is 15.0 Å². The Kier molecular flexibility index (Phi) is 2.71. The van der Waals surface area contributed by atoms with Crippen LogP contribution in [0.4, 0.5) is 4.79 Å². The average Bonchev–Trinajstić information content (AvgIpc) is 2.46. The maximum atomic E-state index is 11.6. The minimum atomic E-state index is -1.11. The fourth-order valence-corrected chi connectivity index (χ4v) is 1.74. The fraction of sp³-hybridized carbons (Fsp3) is 0.500. The number of ether oxygens (including phenoxy) is 1. The molecule has 0 spiro atoms. The lowest BCUT2D eigenvalue weighted by Gasteiger charge is -2.29. The number of aliphatic hydroxyl groups is 2. The summed E-state index contributed by atoms with van der Waals surface area (Å²) in [6, 6.07) is -0.433. The average molecular weight is 226 g/mol. The maximum absolute atomic E-state index is 11.6. The summed E-state index contributed by atoms with van der Waals surface area (Å²) < 4.78 is 5.32. The summed E-state index contributed by atoms with van der Waals surface area (Å²) >= 11 is 0. The molecule has 0 saturated carbocycles. The Morgan fingerprint density at radius 1 is 1.50 bits per heavy atom. The van der Waals surface area contributed by atoms with Gasteiger partial charge in [0.25, 0.3) is 0 Å². The number of carbonyl (C=O) groups is 1. The van der Waals surface area contributed by atoms with Crippen LogP contribution < -0.4 is 5.32 Å². The zero-order valence-corrected chi connectivity index (χ0v) is 8.83. The first-order chi connectivity index (χ1) is 7.50. The van der Waals surface area contributed by atoms with Crippen molar-refractivity contribution in [1.82, 2.24) is 10.2 Å². The summed E-state index contributed by atoms with van der Waals surface area (Å²) in [6.07, 6.45) is -0.416. The number of carbonyl (C=O) groups excluding carboxylic acids is 1. The van der Waals surface area contributed by atoms with E-state index in [-0.39, 0.29) is 0 Å². The summed E-state index contributed by atoms with van der Waals surface area (Å²) in [6.45, 7) is 5.21. The van der Waals surface area contributed by atoms with Gasteiger partial charge in [-0.15, -0.1) is 0 Å². The number of aliphatic hydroxyl groups excluding tert-OH is 2. The smallest absolute Gasteiger partial charge is 0.328 e. The normalized spacial score (nSPS) is 39.1. The number of rotatable bonds is 1. The molecule has 16 heavy (non-hydrogen) atoms. The van der Waals surface area contributed by atoms with Crippen LogP contribution in [0, 0.1) is 0 Å². The molecule has 2 aliphatic rings. The molecular formula is C10H14N2O4. The zero-order valence-electron chi connectivity index (χ0n) is 8.83. The molecule has 4 atom stereocenters. The summed E-state index contributed by atoms with van der Waals surface area (Å²) in [5.41, 5.74) is 0.474. The number of hydrogen-bond donors (Lipinski definition) is 3. The van der Waals surface area contributed by atoms with Gasteiger partial charge in [0, 0.05) is 11.9 Å². The van der Waals surface area contributed by atoms with E-state index >= 15 is 0 Å². The van der Waals surface area contributed by atoms with Gasteiger partial charge in [-0.3, -0.25) is 4.90 Å². The number of nitrogens with one attached hydrogen (secondary N) is 1. The van der Waals surface area contributed by atoms with Crippen LogP contribution in [0.3, 0.4) is 0 Å². The van der Waals surface area contributed by atoms with Crippen molar-refractivity contribution in [3.63, 3.8) is 0 Å². The van der Waals surface area contributed by atoms with Crippen LogP contribution in [0.5, 0.6) is 0 Å². The number of allylic oxidation sites excluding steroid dienone is 1. The van der Waals surface area contributed by atoms with Gasteiger partial charge in [-0.25, -0.2) is 4.79 Å². The van der Waals surface area contributed by atoms with Crippen molar-refractivity contribution in [1.29, 1.82) is 0 Å². The largest absolute Gasteiger partial charge is 0.388 e. The second kappa shape index (κ2) is 3.89. The second-order valence-corrected chi connectivity index (χ2v) is 3.89. The van der Waals surface area contributed by atoms with Gasteiger partial charge in [-0.1, -0.05) is 6.58 Å². The number of amides is 2. The Bertz CT molecular complexity index is 355. The van der Waals surface area contributed by atoms with Gasteiger partial charge in [0.1, 0.15) is 12.2 Å². The van der Waals surface area contributed by atoms with Crippen LogP contribution in [0.15, 0.2) is 24.6 Å². The van der Waals surface area contributed by atoms with Gasteiger partial charge in [0.2, 0.25) is 0 Å². The van der Waals surface area contributed by atoms with Crippen molar-refractivity contribution in [2.75, 3.05) is 0 Å². The van der Waals surface area contributed by atoms with Crippen LogP contribution in [0.2, 0.25) is 0 Å². The minimum absolute atomic E-state index is 0.433. The summed E-state index contributed by atoms with van der Waals surface area (Å²) in [4.78, 5) is 12.8. The lowest BCUT2D eigenvalue weighted by atomic mass is 10.1. The lowest BCUT2D eigenvalue weighted by Crippen LogP contribution is -2.49. The Hall–Kier alpha value is -1.37. The molecule has 1 saturated heterocycles. The number of hydrogen-bond acceptors (Lipinski definition) is 4. The molecule has 0 aromatic rings. The lowest BCUT2D eigenvalue weighted by molar-refractivity contribution is -0.0490. The first-order valence-electron chi connectivity index (χ1n) is 4.98. The molecule has 0 bridgehead atoms. The highest BCUT2D eigenvalue weighted by Crippen LogP contribution is 2.25. The van der Waals surface area contributed by atoms with Gasteiger partial charge in [0.15, 0.2) is 6.23 Å². The highest BCUT2D eigenvalue weighted by molar-refractivity contribution is 5.79. The molecule has 88 valence electrons. The minimum Gasteiger partial charge on any atom is -0.388 e. The van der Waals surface area contributed by atoms with Crippen LogP contribution in [0.25, 0.3) is 0 Å². The molecular weight excluding hydrogens is 212 g/mol. The predicted molar refractivity (Wildman–Crippen MR) is 55.0 cm³/mol. The van der Waals surface area contributed by atoms with Gasteiger partial charge < -0.3 is 20.3 Å². The van der Waals surface area contributed by atoms with Crippen molar-refractivity contribution >= 4 is 6.03 Å². The summed E-state index contributed by atoms with van der Waals surface area (Å²) in [5.74, 6) is 0. The topological polar surface area (TPSA) is 82.0 Å². The molecule has 2 rings (SSSR count). The third-order valence-corrected chi connectivity index (χ3v) is 2.69. The van der Waals surface area contributed by atoms with Gasteiger partial charge in [-0.2, -0.15) is 0 Å². The van der Waals surface area contributed by atoms with Crippen molar-refractivity contribution in [3.05, 3.63) is 24.6 Å². The SMILES string of the molecule is C=C1C=CN([C@@H]2O[C@H](C)[C@@H](O)[C@H]2O)C(=O)N1. The summed E-state index contributed by atoms with van der Waals surface area (Å²) in [7, 11) is 0. The van der Waals surface area contributed by atoms with Crippen LogP contribution >= 0.6 is 0 Å². The second-order valence-electron chi connectivity index (χ2n) is 3.89. The standard InChI is InChI=1S/C10H14N2O4/c1-5-3-4-12(10(15)11-5)9-8(14)7(13)6(2)16-9/h3-4,6-9,13-14H,1H2,2H3,(H,11,15)/t6-,7-,8-,9-/m1/s1. The van der Waals surface area contributed by atoms with E-state index in [0.717, 1.165) is 0 Å². The highest BCUT2D eigenvalue weighted by atomic mass is 16.6. The molecule has 6 nitrogen and oxygen atoms in total. The third-order valence-electron chi connectivity index (χ3n) is 2.69. The molecule has 0 aliphatic carbocycles. The number of nitrogens with zero attached hydrogens (tertiary/aromatic N) is 1. The van der Waals surface area contributed by atoms with E-state index < -0.39 is 30.6 Å². The molecule has 2 heterocycles. The summed E-state index contributed by atoms with van der Waals surface area (Å²) in [5, 5.41) is 21.7. The van der Waals surface area contributed by atoms with Gasteiger partial charge >= 0.3 is 6.03 Å². The Morgan fingerprint density at radius 2 is 2.19 bits per heavy atom. The van der Waals surface area contributed by atoms with Crippen LogP contribution in [-0.2, 0) is 4.74 Å². The molecule has 0 aromatic heterocycles. The Labute approximate surface area is 92.8 Å². The predicted octanol–water partition coefficient (Wildman–Crippen LogP) is -0.494. The molecule has 1 fully saturated rings. The van der Waals surface area contributed by atoms with E-state index in [0.29, 0.717) is 5.70 Å². The van der Waals surface area contributed by atoms with Crippen molar-refractivity contribution < 1.29 is 19.7 Å². The molecule has 3 N–H and O–H groups in total.